The minimum absolute atomic E-state index is 0.117. The molecule has 7 heteroatoms. The minimum Gasteiger partial charge on any atom is -0.378 e. The van der Waals surface area contributed by atoms with Crippen molar-refractivity contribution in [2.24, 2.45) is 0 Å². The lowest BCUT2D eigenvalue weighted by atomic mass is 9.96. The molecule has 1 aliphatic heterocycles. The van der Waals surface area contributed by atoms with E-state index in [0.29, 0.717) is 6.54 Å². The zero-order valence-electron chi connectivity index (χ0n) is 16.1. The number of morpholine rings is 1. The van der Waals surface area contributed by atoms with Gasteiger partial charge in [0, 0.05) is 30.7 Å². The Balaban J connectivity index is 1.55. The van der Waals surface area contributed by atoms with Crippen molar-refractivity contribution < 1.29 is 4.74 Å². The first-order valence-corrected chi connectivity index (χ1v) is 9.40. The fraction of sp³-hybridized carbons (Fsp3) is 0.450. The van der Waals surface area contributed by atoms with Gasteiger partial charge in [-0.25, -0.2) is 0 Å². The highest BCUT2D eigenvalue weighted by molar-refractivity contribution is 5.55. The number of fused-ring (bicyclic) bond motifs is 1. The van der Waals surface area contributed by atoms with Gasteiger partial charge in [-0.05, 0) is 23.8 Å². The number of hydrogen-bond acceptors (Lipinski definition) is 6. The van der Waals surface area contributed by atoms with E-state index in [9.17, 15) is 0 Å². The van der Waals surface area contributed by atoms with Crippen LogP contribution in [0.5, 0.6) is 0 Å². The average molecular weight is 366 g/mol. The van der Waals surface area contributed by atoms with E-state index in [1.807, 2.05) is 16.6 Å². The number of ether oxygens (including phenoxy) is 1. The molecule has 2 aromatic heterocycles. The standard InChI is InChI=1S/C20H26N6O/c1-20(2,3)19-23-22-18-9-8-17(24-26(18)19)21-14-15-6-4-5-7-16(15)25-10-12-27-13-11-25/h4-9H,10-14H2,1-3H3,(H,21,24). The van der Waals surface area contributed by atoms with Gasteiger partial charge in [-0.1, -0.05) is 39.0 Å². The summed E-state index contributed by atoms with van der Waals surface area (Å²) in [7, 11) is 0. The second kappa shape index (κ2) is 7.15. The summed E-state index contributed by atoms with van der Waals surface area (Å²) in [6.45, 7) is 10.5. The van der Waals surface area contributed by atoms with E-state index in [1.165, 1.54) is 11.3 Å². The van der Waals surface area contributed by atoms with Gasteiger partial charge >= 0.3 is 0 Å². The van der Waals surface area contributed by atoms with Crippen LogP contribution in [-0.4, -0.2) is 46.1 Å². The Morgan fingerprint density at radius 1 is 1.04 bits per heavy atom. The van der Waals surface area contributed by atoms with E-state index >= 15 is 0 Å². The van der Waals surface area contributed by atoms with Crippen LogP contribution < -0.4 is 10.2 Å². The van der Waals surface area contributed by atoms with E-state index in [2.05, 4.69) is 65.5 Å². The second-order valence-corrected chi connectivity index (χ2v) is 7.84. The van der Waals surface area contributed by atoms with E-state index in [1.54, 1.807) is 0 Å². The monoisotopic (exact) mass is 366 g/mol. The number of anilines is 2. The molecule has 0 amide bonds. The first-order valence-electron chi connectivity index (χ1n) is 9.40. The van der Waals surface area contributed by atoms with Gasteiger partial charge in [0.2, 0.25) is 0 Å². The molecule has 0 bridgehead atoms. The third-order valence-electron chi connectivity index (χ3n) is 4.74. The molecular formula is C20H26N6O. The Hall–Kier alpha value is -2.67. The van der Waals surface area contributed by atoms with Crippen molar-refractivity contribution in [1.29, 1.82) is 0 Å². The first kappa shape index (κ1) is 17.7. The fourth-order valence-electron chi connectivity index (χ4n) is 3.31. The number of nitrogens with one attached hydrogen (secondary N) is 1. The molecule has 142 valence electrons. The van der Waals surface area contributed by atoms with Gasteiger partial charge in [0.25, 0.3) is 0 Å². The largest absolute Gasteiger partial charge is 0.378 e. The molecule has 1 aliphatic rings. The maximum atomic E-state index is 5.48. The maximum Gasteiger partial charge on any atom is 0.178 e. The molecule has 3 heterocycles. The smallest absolute Gasteiger partial charge is 0.178 e. The summed E-state index contributed by atoms with van der Waals surface area (Å²) in [4.78, 5) is 2.38. The van der Waals surface area contributed by atoms with E-state index in [0.717, 1.165) is 43.6 Å². The van der Waals surface area contributed by atoms with Crippen molar-refractivity contribution in [3.8, 4) is 0 Å². The molecule has 3 aromatic rings. The Bertz CT molecular complexity index is 924. The Kier molecular flexibility index (Phi) is 4.70. The van der Waals surface area contributed by atoms with E-state index < -0.39 is 0 Å². The van der Waals surface area contributed by atoms with Gasteiger partial charge in [0.1, 0.15) is 5.82 Å². The molecule has 4 rings (SSSR count). The summed E-state index contributed by atoms with van der Waals surface area (Å²) in [6, 6.07) is 12.4. The Morgan fingerprint density at radius 3 is 2.59 bits per heavy atom. The zero-order chi connectivity index (χ0) is 18.9. The first-order chi connectivity index (χ1) is 13.0. The van der Waals surface area contributed by atoms with Gasteiger partial charge in [0.15, 0.2) is 11.5 Å². The molecule has 0 spiro atoms. The molecule has 1 N–H and O–H groups in total. The number of para-hydroxylation sites is 1. The molecule has 27 heavy (non-hydrogen) atoms. The SMILES string of the molecule is CC(C)(C)c1nnc2ccc(NCc3ccccc3N3CCOCC3)nn12. The van der Waals surface area contributed by atoms with E-state index in [-0.39, 0.29) is 5.41 Å². The van der Waals surface area contributed by atoms with Crippen LogP contribution in [0.3, 0.4) is 0 Å². The highest BCUT2D eigenvalue weighted by Gasteiger charge is 2.22. The predicted molar refractivity (Wildman–Crippen MR) is 106 cm³/mol. The van der Waals surface area contributed by atoms with Crippen molar-refractivity contribution in [1.82, 2.24) is 19.8 Å². The molecule has 1 aromatic carbocycles. The topological polar surface area (TPSA) is 67.6 Å². The van der Waals surface area contributed by atoms with Crippen LogP contribution in [0.15, 0.2) is 36.4 Å². The average Bonchev–Trinajstić information content (AvgIpc) is 3.11. The molecule has 1 fully saturated rings. The number of aromatic nitrogens is 4. The summed E-state index contributed by atoms with van der Waals surface area (Å²) < 4.78 is 7.31. The van der Waals surface area contributed by atoms with Crippen LogP contribution in [0.4, 0.5) is 11.5 Å². The highest BCUT2D eigenvalue weighted by atomic mass is 16.5. The summed E-state index contributed by atoms with van der Waals surface area (Å²) >= 11 is 0. The highest BCUT2D eigenvalue weighted by Crippen LogP contribution is 2.23. The molecule has 7 nitrogen and oxygen atoms in total. The summed E-state index contributed by atoms with van der Waals surface area (Å²) in [5.41, 5.74) is 3.16. The molecular weight excluding hydrogens is 340 g/mol. The van der Waals surface area contributed by atoms with Crippen LogP contribution in [0, 0.1) is 0 Å². The van der Waals surface area contributed by atoms with Crippen molar-refractivity contribution in [3.63, 3.8) is 0 Å². The Labute approximate surface area is 159 Å². The van der Waals surface area contributed by atoms with Gasteiger partial charge in [0.05, 0.1) is 13.2 Å². The number of rotatable bonds is 4. The minimum atomic E-state index is -0.117. The van der Waals surface area contributed by atoms with Gasteiger partial charge in [-0.2, -0.15) is 4.52 Å². The van der Waals surface area contributed by atoms with Crippen LogP contribution in [0.2, 0.25) is 0 Å². The molecule has 0 saturated carbocycles. The van der Waals surface area contributed by atoms with Crippen LogP contribution >= 0.6 is 0 Å². The van der Waals surface area contributed by atoms with Gasteiger partial charge < -0.3 is 15.0 Å². The number of hydrogen-bond donors (Lipinski definition) is 1. The molecule has 0 radical (unpaired) electrons. The van der Waals surface area contributed by atoms with Gasteiger partial charge in [-0.15, -0.1) is 15.3 Å². The lowest BCUT2D eigenvalue weighted by molar-refractivity contribution is 0.122. The normalized spacial score (nSPS) is 15.3. The van der Waals surface area contributed by atoms with Crippen molar-refractivity contribution in [3.05, 3.63) is 47.8 Å². The zero-order valence-corrected chi connectivity index (χ0v) is 16.1. The molecule has 0 unspecified atom stereocenters. The third-order valence-corrected chi connectivity index (χ3v) is 4.74. The molecule has 0 atom stereocenters. The second-order valence-electron chi connectivity index (χ2n) is 7.84. The predicted octanol–water partition coefficient (Wildman–Crippen LogP) is 2.87. The quantitative estimate of drug-likeness (QED) is 0.766. The Morgan fingerprint density at radius 2 is 1.81 bits per heavy atom. The van der Waals surface area contributed by atoms with Crippen molar-refractivity contribution >= 4 is 17.2 Å². The van der Waals surface area contributed by atoms with Crippen molar-refractivity contribution in [2.45, 2.75) is 32.7 Å². The van der Waals surface area contributed by atoms with Crippen molar-refractivity contribution in [2.75, 3.05) is 36.5 Å². The molecule has 1 saturated heterocycles. The van der Waals surface area contributed by atoms with Crippen LogP contribution in [0.25, 0.3) is 5.65 Å². The van der Waals surface area contributed by atoms with Crippen LogP contribution in [0.1, 0.15) is 32.2 Å². The van der Waals surface area contributed by atoms with Gasteiger partial charge in [-0.3, -0.25) is 0 Å². The molecule has 0 aliphatic carbocycles. The number of nitrogens with zero attached hydrogens (tertiary/aromatic N) is 5. The fourth-order valence-corrected chi connectivity index (χ4v) is 3.31. The lowest BCUT2D eigenvalue weighted by Gasteiger charge is -2.30. The summed E-state index contributed by atoms with van der Waals surface area (Å²) in [6.07, 6.45) is 0. The lowest BCUT2D eigenvalue weighted by Crippen LogP contribution is -2.36. The summed E-state index contributed by atoms with van der Waals surface area (Å²) in [5.74, 6) is 1.67. The van der Waals surface area contributed by atoms with E-state index in [4.69, 9.17) is 9.84 Å². The third kappa shape index (κ3) is 3.73. The maximum absolute atomic E-state index is 5.48. The van der Waals surface area contributed by atoms with Crippen LogP contribution in [-0.2, 0) is 16.7 Å². The summed E-state index contributed by atoms with van der Waals surface area (Å²) in [5, 5.41) is 16.7. The number of benzene rings is 1.